The normalized spacial score (nSPS) is 26.5. The van der Waals surface area contributed by atoms with E-state index in [0.29, 0.717) is 6.04 Å². The monoisotopic (exact) mass is 601 g/mol. The van der Waals surface area contributed by atoms with Gasteiger partial charge in [0, 0.05) is 5.69 Å². The summed E-state index contributed by atoms with van der Waals surface area (Å²) in [6.07, 6.45) is 42.6. The molecule has 0 bridgehead atoms. The Kier molecular flexibility index (Phi) is 10.3. The largest absolute Gasteiger partial charge is 0.374 e. The minimum atomic E-state index is 0.0636. The molecule has 1 heterocycles. The molecule has 1 N–H and O–H groups in total. The van der Waals surface area contributed by atoms with Crippen LogP contribution >= 0.6 is 15.8 Å². The van der Waals surface area contributed by atoms with Gasteiger partial charge in [0.2, 0.25) is 0 Å². The van der Waals surface area contributed by atoms with Crippen LogP contribution in [0, 0.1) is 0 Å². The van der Waals surface area contributed by atoms with Crippen molar-refractivity contribution in [2.24, 2.45) is 0 Å². The second kappa shape index (κ2) is 14.5. The number of hydrogen-bond acceptors (Lipinski definition) is 1. The first-order valence-corrected chi connectivity index (χ1v) is 21.7. The smallest absolute Gasteiger partial charge is 0.0734 e. The van der Waals surface area contributed by atoms with Gasteiger partial charge < -0.3 is 5.32 Å². The van der Waals surface area contributed by atoms with Crippen LogP contribution in [0.3, 0.4) is 0 Å². The lowest BCUT2D eigenvalue weighted by Gasteiger charge is -2.41. The van der Waals surface area contributed by atoms with Gasteiger partial charge in [-0.3, -0.25) is 0 Å². The summed E-state index contributed by atoms with van der Waals surface area (Å²) in [6, 6.07) is 7.68. The first kappa shape index (κ1) is 29.8. The molecule has 5 aliphatic carbocycles. The van der Waals surface area contributed by atoms with E-state index in [4.69, 9.17) is 0 Å². The molecule has 1 unspecified atom stereocenters. The summed E-state index contributed by atoms with van der Waals surface area (Å²) in [4.78, 5) is 0. The van der Waals surface area contributed by atoms with E-state index in [0.717, 1.165) is 22.6 Å². The molecule has 1 nitrogen and oxygen atoms in total. The summed E-state index contributed by atoms with van der Waals surface area (Å²) in [7, 11) is 0.139. The minimum absolute atomic E-state index is 0.0636. The Bertz CT molecular complexity index is 1090. The Balaban J connectivity index is 1.14. The zero-order valence-corrected chi connectivity index (χ0v) is 28.2. The van der Waals surface area contributed by atoms with Gasteiger partial charge in [0.1, 0.15) is 0 Å². The summed E-state index contributed by atoms with van der Waals surface area (Å²) in [5, 5.41) is 4.27. The fourth-order valence-electron chi connectivity index (χ4n) is 9.68. The van der Waals surface area contributed by atoms with Crippen LogP contribution in [-0.2, 0) is 6.16 Å². The third kappa shape index (κ3) is 6.84. The molecule has 3 heteroatoms. The average molecular weight is 602 g/mol. The average Bonchev–Trinajstić information content (AvgIpc) is 3.07. The van der Waals surface area contributed by atoms with Crippen molar-refractivity contribution in [2.45, 2.75) is 163 Å². The van der Waals surface area contributed by atoms with Gasteiger partial charge in [-0.25, -0.2) is 0 Å². The molecule has 1 aliphatic heterocycles. The SMILES string of the molecule is C1=CC2=Cc3cccc(CP(C4CCCCC4)C4CCCCC4)c3NC2C(CP(C2CCCCC2)C2CCCCC2)=C1. The van der Waals surface area contributed by atoms with Crippen LogP contribution in [0.25, 0.3) is 6.08 Å². The molecule has 4 fully saturated rings. The van der Waals surface area contributed by atoms with Gasteiger partial charge in [0.25, 0.3) is 0 Å². The number of allylic oxidation sites excluding steroid dienone is 2. The Morgan fingerprint density at radius 2 is 1.10 bits per heavy atom. The molecule has 0 aromatic heterocycles. The highest BCUT2D eigenvalue weighted by molar-refractivity contribution is 7.59. The molecular weight excluding hydrogens is 544 g/mol. The predicted molar refractivity (Wildman–Crippen MR) is 189 cm³/mol. The zero-order chi connectivity index (χ0) is 28.1. The van der Waals surface area contributed by atoms with Crippen LogP contribution < -0.4 is 5.32 Å². The first-order chi connectivity index (χ1) is 20.8. The van der Waals surface area contributed by atoms with Gasteiger partial charge in [-0.15, -0.1) is 0 Å². The predicted octanol–water partition coefficient (Wildman–Crippen LogP) is 12.2. The van der Waals surface area contributed by atoms with E-state index in [-0.39, 0.29) is 15.8 Å². The Morgan fingerprint density at radius 3 is 1.62 bits per heavy atom. The topological polar surface area (TPSA) is 12.0 Å². The van der Waals surface area contributed by atoms with Crippen LogP contribution in [0.2, 0.25) is 0 Å². The minimum Gasteiger partial charge on any atom is -0.374 e. The summed E-state index contributed by atoms with van der Waals surface area (Å²) < 4.78 is 0. The molecule has 0 saturated heterocycles. The third-order valence-electron chi connectivity index (χ3n) is 12.0. The zero-order valence-electron chi connectivity index (χ0n) is 26.4. The molecule has 7 rings (SSSR count). The van der Waals surface area contributed by atoms with Crippen molar-refractivity contribution in [2.75, 3.05) is 11.5 Å². The maximum atomic E-state index is 4.27. The van der Waals surface area contributed by atoms with Crippen molar-refractivity contribution in [1.82, 2.24) is 0 Å². The number of benzene rings is 1. The van der Waals surface area contributed by atoms with Crippen LogP contribution in [0.4, 0.5) is 5.69 Å². The van der Waals surface area contributed by atoms with E-state index < -0.39 is 0 Å². The molecule has 1 atom stereocenters. The maximum Gasteiger partial charge on any atom is 0.0734 e. The van der Waals surface area contributed by atoms with Gasteiger partial charge in [0.15, 0.2) is 0 Å². The lowest BCUT2D eigenvalue weighted by atomic mass is 9.88. The van der Waals surface area contributed by atoms with Gasteiger partial charge >= 0.3 is 0 Å². The van der Waals surface area contributed by atoms with Crippen LogP contribution in [0.5, 0.6) is 0 Å². The van der Waals surface area contributed by atoms with E-state index in [2.05, 4.69) is 47.8 Å². The highest BCUT2D eigenvalue weighted by Crippen LogP contribution is 2.60. The fourth-order valence-corrected chi connectivity index (χ4v) is 17.4. The summed E-state index contributed by atoms with van der Waals surface area (Å²) in [6.45, 7) is 0. The number of hydrogen-bond donors (Lipinski definition) is 1. The number of nitrogens with one attached hydrogen (secondary N) is 1. The van der Waals surface area contributed by atoms with E-state index in [1.54, 1.807) is 11.1 Å². The van der Waals surface area contributed by atoms with Gasteiger partial charge in [0.05, 0.1) is 6.04 Å². The summed E-state index contributed by atoms with van der Waals surface area (Å²) >= 11 is 0. The quantitative estimate of drug-likeness (QED) is 0.292. The summed E-state index contributed by atoms with van der Waals surface area (Å²) in [5.41, 5.74) is 11.9. The highest BCUT2D eigenvalue weighted by Gasteiger charge is 2.36. The number of para-hydroxylation sites is 1. The van der Waals surface area contributed by atoms with Crippen molar-refractivity contribution >= 4 is 27.6 Å². The second-order valence-corrected chi connectivity index (χ2v) is 20.3. The molecule has 228 valence electrons. The van der Waals surface area contributed by atoms with Crippen molar-refractivity contribution in [3.63, 3.8) is 0 Å². The molecular formula is C39H57NP2. The lowest BCUT2D eigenvalue weighted by Crippen LogP contribution is -2.32. The molecule has 0 amide bonds. The second-order valence-electron chi connectivity index (χ2n) is 14.7. The third-order valence-corrected chi connectivity index (χ3v) is 19.2. The molecule has 0 radical (unpaired) electrons. The number of fused-ring (bicyclic) bond motifs is 2. The highest BCUT2D eigenvalue weighted by atomic mass is 31.1. The lowest BCUT2D eigenvalue weighted by molar-refractivity contribution is 0.484. The molecule has 1 aromatic carbocycles. The number of anilines is 1. The van der Waals surface area contributed by atoms with Crippen molar-refractivity contribution in [3.05, 3.63) is 58.7 Å². The van der Waals surface area contributed by atoms with Crippen molar-refractivity contribution in [1.29, 1.82) is 0 Å². The first-order valence-electron chi connectivity index (χ1n) is 18.3. The summed E-state index contributed by atoms with van der Waals surface area (Å²) in [5.74, 6) is 0. The Labute approximate surface area is 260 Å². The van der Waals surface area contributed by atoms with E-state index >= 15 is 0 Å². The van der Waals surface area contributed by atoms with E-state index in [9.17, 15) is 0 Å². The Hall–Kier alpha value is -0.900. The molecule has 42 heavy (non-hydrogen) atoms. The van der Waals surface area contributed by atoms with Gasteiger partial charge in [-0.2, -0.15) is 0 Å². The Morgan fingerprint density at radius 1 is 0.595 bits per heavy atom. The van der Waals surface area contributed by atoms with Crippen LogP contribution in [0.15, 0.2) is 47.6 Å². The van der Waals surface area contributed by atoms with Gasteiger partial charge in [-0.05, 0) is 115 Å². The molecule has 0 spiro atoms. The fraction of sp³-hybridized carbons (Fsp3) is 0.692. The van der Waals surface area contributed by atoms with Crippen molar-refractivity contribution < 1.29 is 0 Å². The molecule has 4 saturated carbocycles. The van der Waals surface area contributed by atoms with Crippen LogP contribution in [-0.4, -0.2) is 34.8 Å². The molecule has 1 aromatic rings. The van der Waals surface area contributed by atoms with Crippen LogP contribution in [0.1, 0.15) is 140 Å². The van der Waals surface area contributed by atoms with E-state index in [1.165, 1.54) is 158 Å². The molecule has 6 aliphatic rings. The van der Waals surface area contributed by atoms with Crippen molar-refractivity contribution in [3.8, 4) is 0 Å². The van der Waals surface area contributed by atoms with E-state index in [1.807, 2.05) is 0 Å². The van der Waals surface area contributed by atoms with Gasteiger partial charge in [-0.1, -0.05) is 129 Å². The maximum absolute atomic E-state index is 4.27. The standard InChI is InChI=1S/C39H57NP2/c1-5-19-34(20-6-1)41(35-21-7-2-8-22-35)28-32-17-13-15-30-27-31-16-14-18-33(39(31)40-38(30)32)29-42(36-23-9-3-10-24-36)37-25-11-4-12-26-37/h13-18,27,34-38,40H,1-12,19-26,28-29H2. The number of rotatable bonds is 8.